The van der Waals surface area contributed by atoms with Crippen LogP contribution in [0.25, 0.3) is 0 Å². The van der Waals surface area contributed by atoms with Crippen molar-refractivity contribution in [1.82, 2.24) is 0 Å². The van der Waals surface area contributed by atoms with E-state index in [1.807, 2.05) is 60.7 Å². The monoisotopic (exact) mass is 266 g/mol. The normalized spacial score (nSPS) is 9.80. The summed E-state index contributed by atoms with van der Waals surface area (Å²) in [5.41, 5.74) is 2.09. The lowest BCUT2D eigenvalue weighted by Gasteiger charge is -2.11. The van der Waals surface area contributed by atoms with Crippen LogP contribution in [0.2, 0.25) is 0 Å². The molecule has 0 heterocycles. The second kappa shape index (κ2) is 7.19. The highest BCUT2D eigenvalue weighted by molar-refractivity contribution is 5.36. The van der Waals surface area contributed by atoms with E-state index in [9.17, 15) is 0 Å². The second-order valence-corrected chi connectivity index (χ2v) is 4.37. The zero-order valence-corrected chi connectivity index (χ0v) is 11.4. The highest BCUT2D eigenvalue weighted by Gasteiger charge is 2.06. The Bertz CT molecular complexity index is 534. The Labute approximate surface area is 119 Å². The lowest BCUT2D eigenvalue weighted by Crippen LogP contribution is -2.04. The maximum Gasteiger partial charge on any atom is 0.182 e. The molecule has 2 aromatic carbocycles. The topological polar surface area (TPSA) is 18.5 Å². The first-order valence-electron chi connectivity index (χ1n) is 6.57. The zero-order valence-electron chi connectivity index (χ0n) is 11.4. The van der Waals surface area contributed by atoms with Gasteiger partial charge in [-0.1, -0.05) is 48.6 Å². The lowest BCUT2D eigenvalue weighted by atomic mass is 10.1. The zero-order chi connectivity index (χ0) is 14.2. The summed E-state index contributed by atoms with van der Waals surface area (Å²) < 4.78 is 0. The first-order valence-corrected chi connectivity index (χ1v) is 6.57. The van der Waals surface area contributed by atoms with Gasteiger partial charge in [-0.25, -0.2) is 0 Å². The predicted molar refractivity (Wildman–Crippen MR) is 81.9 cm³/mol. The highest BCUT2D eigenvalue weighted by atomic mass is 17.2. The van der Waals surface area contributed by atoms with Crippen LogP contribution in [-0.4, -0.2) is 0 Å². The van der Waals surface area contributed by atoms with Gasteiger partial charge in [-0.3, -0.25) is 9.78 Å². The number of para-hydroxylation sites is 2. The summed E-state index contributed by atoms with van der Waals surface area (Å²) >= 11 is 0. The SMILES string of the molecule is C=CCc1ccccc1OOc1ccccc1CC=C. The molecule has 0 atom stereocenters. The van der Waals surface area contributed by atoms with E-state index in [1.165, 1.54) is 0 Å². The van der Waals surface area contributed by atoms with E-state index in [0.29, 0.717) is 11.5 Å². The molecular formula is C18H18O2. The maximum atomic E-state index is 5.48. The summed E-state index contributed by atoms with van der Waals surface area (Å²) in [5, 5.41) is 0. The standard InChI is InChI=1S/C18H18O2/c1-3-9-15-11-5-7-13-17(15)19-20-18-14-8-6-12-16(18)10-4-2/h3-8,11-14H,1-2,9-10H2. The molecule has 2 aromatic rings. The predicted octanol–water partition coefficient (Wildman–Crippen LogP) is 4.52. The van der Waals surface area contributed by atoms with Gasteiger partial charge < -0.3 is 0 Å². The van der Waals surface area contributed by atoms with E-state index in [0.717, 1.165) is 24.0 Å². The summed E-state index contributed by atoms with van der Waals surface area (Å²) in [6, 6.07) is 15.5. The molecule has 0 aliphatic heterocycles. The molecule has 0 spiro atoms. The second-order valence-electron chi connectivity index (χ2n) is 4.37. The molecule has 0 saturated carbocycles. The van der Waals surface area contributed by atoms with Crippen molar-refractivity contribution in [3.05, 3.63) is 85.0 Å². The number of allylic oxidation sites excluding steroid dienone is 2. The fraction of sp³-hybridized carbons (Fsp3) is 0.111. The lowest BCUT2D eigenvalue weighted by molar-refractivity contribution is -0.101. The molecule has 20 heavy (non-hydrogen) atoms. The molecule has 0 fully saturated rings. The van der Waals surface area contributed by atoms with Gasteiger partial charge in [-0.05, 0) is 25.0 Å². The Balaban J connectivity index is 2.12. The van der Waals surface area contributed by atoms with Crippen LogP contribution in [-0.2, 0) is 12.8 Å². The molecule has 0 radical (unpaired) electrons. The van der Waals surface area contributed by atoms with E-state index < -0.39 is 0 Å². The Kier molecular flexibility index (Phi) is 5.01. The smallest absolute Gasteiger partial charge is 0.182 e. The van der Waals surface area contributed by atoms with Crippen LogP contribution in [0.4, 0.5) is 0 Å². The molecule has 0 aliphatic rings. The van der Waals surface area contributed by atoms with E-state index in [2.05, 4.69) is 13.2 Å². The van der Waals surface area contributed by atoms with Crippen LogP contribution in [0.15, 0.2) is 73.8 Å². The number of hydrogen-bond donors (Lipinski definition) is 0. The molecule has 0 N–H and O–H groups in total. The number of rotatable bonds is 7. The minimum atomic E-state index is 0.709. The van der Waals surface area contributed by atoms with E-state index in [-0.39, 0.29) is 0 Å². The van der Waals surface area contributed by atoms with Crippen LogP contribution >= 0.6 is 0 Å². The van der Waals surface area contributed by atoms with Crippen molar-refractivity contribution in [3.8, 4) is 11.5 Å². The average molecular weight is 266 g/mol. The Hall–Kier alpha value is -2.48. The fourth-order valence-electron chi connectivity index (χ4n) is 1.91. The average Bonchev–Trinajstić information content (AvgIpc) is 2.48. The minimum absolute atomic E-state index is 0.709. The highest BCUT2D eigenvalue weighted by Crippen LogP contribution is 2.23. The van der Waals surface area contributed by atoms with Gasteiger partial charge in [0.05, 0.1) is 0 Å². The first-order chi connectivity index (χ1) is 9.85. The van der Waals surface area contributed by atoms with Crippen molar-refractivity contribution in [1.29, 1.82) is 0 Å². The molecule has 0 saturated heterocycles. The molecule has 2 heteroatoms. The molecule has 0 aromatic heterocycles. The van der Waals surface area contributed by atoms with Crippen LogP contribution in [0.3, 0.4) is 0 Å². The van der Waals surface area contributed by atoms with Gasteiger partial charge in [0, 0.05) is 11.1 Å². The summed E-state index contributed by atoms with van der Waals surface area (Å²) in [5.74, 6) is 1.42. The summed E-state index contributed by atoms with van der Waals surface area (Å²) in [6.45, 7) is 7.49. The minimum Gasteiger partial charge on any atom is -0.290 e. The van der Waals surface area contributed by atoms with Crippen LogP contribution < -0.4 is 9.78 Å². The summed E-state index contributed by atoms with van der Waals surface area (Å²) in [4.78, 5) is 11.0. The maximum absolute atomic E-state index is 5.48. The van der Waals surface area contributed by atoms with E-state index in [1.54, 1.807) is 0 Å². The van der Waals surface area contributed by atoms with Gasteiger partial charge in [0.2, 0.25) is 0 Å². The van der Waals surface area contributed by atoms with Crippen molar-refractivity contribution in [2.75, 3.05) is 0 Å². The van der Waals surface area contributed by atoms with Gasteiger partial charge in [-0.2, -0.15) is 0 Å². The third-order valence-corrected chi connectivity index (χ3v) is 2.89. The third-order valence-electron chi connectivity index (χ3n) is 2.89. The van der Waals surface area contributed by atoms with Crippen LogP contribution in [0.1, 0.15) is 11.1 Å². The van der Waals surface area contributed by atoms with E-state index >= 15 is 0 Å². The third kappa shape index (κ3) is 3.51. The van der Waals surface area contributed by atoms with Gasteiger partial charge in [0.1, 0.15) is 0 Å². The molecular weight excluding hydrogens is 248 g/mol. The van der Waals surface area contributed by atoms with Crippen molar-refractivity contribution < 1.29 is 9.78 Å². The van der Waals surface area contributed by atoms with Crippen molar-refractivity contribution >= 4 is 0 Å². The first kappa shape index (κ1) is 13.9. The number of benzene rings is 2. The van der Waals surface area contributed by atoms with E-state index in [4.69, 9.17) is 9.78 Å². The Morgan fingerprint density at radius 1 is 0.700 bits per heavy atom. The van der Waals surface area contributed by atoms with Gasteiger partial charge in [-0.15, -0.1) is 13.2 Å². The van der Waals surface area contributed by atoms with Gasteiger partial charge in [0.15, 0.2) is 11.5 Å². The summed E-state index contributed by atoms with van der Waals surface area (Å²) in [6.07, 6.45) is 5.17. The molecule has 102 valence electrons. The van der Waals surface area contributed by atoms with Crippen LogP contribution in [0.5, 0.6) is 11.5 Å². The molecule has 0 amide bonds. The number of hydrogen-bond acceptors (Lipinski definition) is 2. The van der Waals surface area contributed by atoms with Crippen molar-refractivity contribution in [2.24, 2.45) is 0 Å². The quantitative estimate of drug-likeness (QED) is 0.417. The van der Waals surface area contributed by atoms with Crippen LogP contribution in [0, 0.1) is 0 Å². The molecule has 0 bridgehead atoms. The fourth-order valence-corrected chi connectivity index (χ4v) is 1.91. The van der Waals surface area contributed by atoms with Gasteiger partial charge >= 0.3 is 0 Å². The Morgan fingerprint density at radius 3 is 1.50 bits per heavy atom. The van der Waals surface area contributed by atoms with Gasteiger partial charge in [0.25, 0.3) is 0 Å². The van der Waals surface area contributed by atoms with Crippen molar-refractivity contribution in [2.45, 2.75) is 12.8 Å². The molecule has 2 rings (SSSR count). The Morgan fingerprint density at radius 2 is 1.10 bits per heavy atom. The van der Waals surface area contributed by atoms with Crippen molar-refractivity contribution in [3.63, 3.8) is 0 Å². The largest absolute Gasteiger partial charge is 0.290 e. The summed E-state index contributed by atoms with van der Waals surface area (Å²) in [7, 11) is 0. The molecule has 0 aliphatic carbocycles. The molecule has 2 nitrogen and oxygen atoms in total. The molecule has 0 unspecified atom stereocenters.